The number of carbonyl (C=O) groups is 1. The van der Waals surface area contributed by atoms with Gasteiger partial charge < -0.3 is 0 Å². The predicted molar refractivity (Wildman–Crippen MR) is 113 cm³/mol. The Morgan fingerprint density at radius 3 is 2.11 bits per heavy atom. The Morgan fingerprint density at radius 2 is 1.48 bits per heavy atom. The van der Waals surface area contributed by atoms with Crippen molar-refractivity contribution in [2.24, 2.45) is 10.8 Å². The van der Waals surface area contributed by atoms with E-state index in [0.717, 1.165) is 6.42 Å². The molecule has 2 aliphatic rings. The van der Waals surface area contributed by atoms with Gasteiger partial charge in [-0.25, -0.2) is 0 Å². The molecule has 0 saturated heterocycles. The van der Waals surface area contributed by atoms with E-state index in [1.165, 1.54) is 27.8 Å². The maximum atomic E-state index is 13.0. The number of benzene rings is 2. The van der Waals surface area contributed by atoms with Crippen LogP contribution in [0, 0.1) is 24.7 Å². The molecule has 1 heteroatoms. The van der Waals surface area contributed by atoms with Crippen LogP contribution in [-0.2, 0) is 4.79 Å². The lowest BCUT2D eigenvalue weighted by atomic mass is 9.59. The van der Waals surface area contributed by atoms with Gasteiger partial charge in [-0.15, -0.1) is 0 Å². The number of Topliss-reactive ketones (excluding diaryl/α,β-unsaturated/α-hetero) is 1. The first kappa shape index (κ1) is 18.0. The Hall–Kier alpha value is -2.41. The molecule has 0 spiro atoms. The molecule has 138 valence electrons. The van der Waals surface area contributed by atoms with Gasteiger partial charge in [0.2, 0.25) is 0 Å². The second-order valence-corrected chi connectivity index (χ2v) is 8.95. The fourth-order valence-corrected chi connectivity index (χ4v) is 4.96. The van der Waals surface area contributed by atoms with Crippen LogP contribution in [-0.4, -0.2) is 5.78 Å². The third-order valence-corrected chi connectivity index (χ3v) is 6.68. The number of rotatable bonds is 3. The van der Waals surface area contributed by atoms with E-state index in [0.29, 0.717) is 12.2 Å². The lowest BCUT2D eigenvalue weighted by molar-refractivity contribution is -0.130. The van der Waals surface area contributed by atoms with Gasteiger partial charge in [0.05, 0.1) is 0 Å². The summed E-state index contributed by atoms with van der Waals surface area (Å²) in [6, 6.07) is 17.3. The van der Waals surface area contributed by atoms with Crippen molar-refractivity contribution in [1.82, 2.24) is 0 Å². The van der Waals surface area contributed by atoms with Crippen molar-refractivity contribution in [3.63, 3.8) is 0 Å². The molecule has 0 N–H and O–H groups in total. The van der Waals surface area contributed by atoms with Crippen LogP contribution >= 0.6 is 0 Å². The molecule has 2 aliphatic carbocycles. The summed E-state index contributed by atoms with van der Waals surface area (Å²) in [5, 5.41) is 0. The molecule has 0 radical (unpaired) electrons. The molecule has 2 aromatic carbocycles. The van der Waals surface area contributed by atoms with Crippen molar-refractivity contribution in [2.45, 2.75) is 46.5 Å². The van der Waals surface area contributed by atoms with E-state index in [2.05, 4.69) is 94.5 Å². The van der Waals surface area contributed by atoms with Gasteiger partial charge in [-0.2, -0.15) is 0 Å². The molecule has 0 aliphatic heterocycles. The van der Waals surface area contributed by atoms with E-state index < -0.39 is 0 Å². The third-order valence-electron chi connectivity index (χ3n) is 6.68. The summed E-state index contributed by atoms with van der Waals surface area (Å²) in [5.74, 6) is 0.624. The molecule has 1 saturated carbocycles. The summed E-state index contributed by atoms with van der Waals surface area (Å²) >= 11 is 0. The molecule has 0 amide bonds. The smallest absolute Gasteiger partial charge is 0.143 e. The van der Waals surface area contributed by atoms with Crippen molar-refractivity contribution in [3.05, 3.63) is 88.5 Å². The highest BCUT2D eigenvalue weighted by Gasteiger charge is 2.55. The zero-order valence-electron chi connectivity index (χ0n) is 16.8. The Kier molecular flexibility index (Phi) is 4.22. The van der Waals surface area contributed by atoms with Gasteiger partial charge in [0.15, 0.2) is 0 Å². The van der Waals surface area contributed by atoms with E-state index in [1.54, 1.807) is 0 Å². The third kappa shape index (κ3) is 3.10. The molecule has 1 fully saturated rings. The van der Waals surface area contributed by atoms with Gasteiger partial charge in [0.25, 0.3) is 0 Å². The molecular weight excluding hydrogens is 328 g/mol. The quantitative estimate of drug-likeness (QED) is 0.620. The normalized spacial score (nSPS) is 30.0. The molecule has 0 heterocycles. The van der Waals surface area contributed by atoms with Crippen LogP contribution in [0.25, 0.3) is 6.08 Å². The molecule has 27 heavy (non-hydrogen) atoms. The second-order valence-electron chi connectivity index (χ2n) is 8.95. The summed E-state index contributed by atoms with van der Waals surface area (Å²) < 4.78 is 0. The van der Waals surface area contributed by atoms with Crippen molar-refractivity contribution in [3.8, 4) is 0 Å². The zero-order valence-corrected chi connectivity index (χ0v) is 16.8. The standard InChI is InChI=1S/C26H28O/c1-18-5-9-20(10-6-18)11-14-22-16-25(3)17-26(22,4)23(15-24(25)27)21-12-7-19(2)8-13-21/h5-14,16,23H,15,17H2,1-4H3/b14-11+/t23-,25+,26-/m0/s1. The zero-order chi connectivity index (χ0) is 19.2. The molecule has 0 unspecified atom stereocenters. The van der Waals surface area contributed by atoms with Crippen LogP contribution < -0.4 is 0 Å². The predicted octanol–water partition coefficient (Wildman–Crippen LogP) is 6.42. The van der Waals surface area contributed by atoms with Gasteiger partial charge in [-0.3, -0.25) is 4.79 Å². The average Bonchev–Trinajstić information content (AvgIpc) is 2.88. The summed E-state index contributed by atoms with van der Waals surface area (Å²) in [4.78, 5) is 13.0. The maximum Gasteiger partial charge on any atom is 0.143 e. The Balaban J connectivity index is 1.72. The van der Waals surface area contributed by atoms with Crippen LogP contribution in [0.3, 0.4) is 0 Å². The van der Waals surface area contributed by atoms with Crippen LogP contribution in [0.4, 0.5) is 0 Å². The van der Waals surface area contributed by atoms with Crippen molar-refractivity contribution in [1.29, 1.82) is 0 Å². The number of ketones is 1. The van der Waals surface area contributed by atoms with Crippen molar-refractivity contribution >= 4 is 11.9 Å². The maximum absolute atomic E-state index is 13.0. The largest absolute Gasteiger partial charge is 0.299 e. The SMILES string of the molecule is Cc1ccc(/C=C/C2=C[C@]3(C)C[C@]2(C)[C@H](c2ccc(C)cc2)CC3=O)cc1. The van der Waals surface area contributed by atoms with Gasteiger partial charge in [0, 0.05) is 23.2 Å². The number of hydrogen-bond acceptors (Lipinski definition) is 1. The van der Waals surface area contributed by atoms with Gasteiger partial charge in [0.1, 0.15) is 5.78 Å². The van der Waals surface area contributed by atoms with Crippen LogP contribution in [0.15, 0.2) is 66.3 Å². The minimum atomic E-state index is -0.317. The highest BCUT2D eigenvalue weighted by molar-refractivity contribution is 5.90. The number of hydrogen-bond donors (Lipinski definition) is 0. The van der Waals surface area contributed by atoms with Crippen molar-refractivity contribution < 1.29 is 4.79 Å². The minimum Gasteiger partial charge on any atom is -0.299 e. The van der Waals surface area contributed by atoms with Crippen LogP contribution in [0.5, 0.6) is 0 Å². The fourth-order valence-electron chi connectivity index (χ4n) is 4.96. The van der Waals surface area contributed by atoms with Gasteiger partial charge in [-0.1, -0.05) is 84.8 Å². The topological polar surface area (TPSA) is 17.1 Å². The van der Waals surface area contributed by atoms with Gasteiger partial charge in [-0.05, 0) is 43.9 Å². The first-order valence-electron chi connectivity index (χ1n) is 9.88. The fraction of sp³-hybridized carbons (Fsp3) is 0.346. The number of allylic oxidation sites excluding steroid dienone is 3. The summed E-state index contributed by atoms with van der Waals surface area (Å²) in [5.41, 5.74) is 6.01. The first-order valence-corrected chi connectivity index (χ1v) is 9.88. The van der Waals surface area contributed by atoms with E-state index in [1.807, 2.05) is 0 Å². The number of fused-ring (bicyclic) bond motifs is 2. The molecule has 2 aromatic rings. The van der Waals surface area contributed by atoms with E-state index in [-0.39, 0.29) is 16.7 Å². The molecule has 2 bridgehead atoms. The van der Waals surface area contributed by atoms with Crippen molar-refractivity contribution in [2.75, 3.05) is 0 Å². The number of aryl methyl sites for hydroxylation is 2. The molecule has 3 atom stereocenters. The first-order chi connectivity index (χ1) is 12.8. The molecular formula is C26H28O. The van der Waals surface area contributed by atoms with E-state index in [9.17, 15) is 4.79 Å². The van der Waals surface area contributed by atoms with E-state index >= 15 is 0 Å². The molecule has 4 rings (SSSR count). The summed E-state index contributed by atoms with van der Waals surface area (Å²) in [6.07, 6.45) is 8.22. The lowest BCUT2D eigenvalue weighted by Gasteiger charge is -2.43. The second kappa shape index (κ2) is 6.34. The van der Waals surface area contributed by atoms with Crippen LogP contribution in [0.1, 0.15) is 54.9 Å². The number of carbonyl (C=O) groups excluding carboxylic acids is 1. The average molecular weight is 357 g/mol. The Morgan fingerprint density at radius 1 is 0.889 bits per heavy atom. The molecule has 0 aromatic heterocycles. The summed E-state index contributed by atoms with van der Waals surface area (Å²) in [6.45, 7) is 8.68. The minimum absolute atomic E-state index is 0.000878. The highest BCUT2D eigenvalue weighted by atomic mass is 16.1. The lowest BCUT2D eigenvalue weighted by Crippen LogP contribution is -2.39. The van der Waals surface area contributed by atoms with E-state index in [4.69, 9.17) is 0 Å². The summed E-state index contributed by atoms with van der Waals surface area (Å²) in [7, 11) is 0. The Labute approximate surface area is 162 Å². The van der Waals surface area contributed by atoms with Crippen LogP contribution in [0.2, 0.25) is 0 Å². The Bertz CT molecular complexity index is 929. The molecule has 1 nitrogen and oxygen atoms in total. The van der Waals surface area contributed by atoms with Gasteiger partial charge >= 0.3 is 0 Å². The monoisotopic (exact) mass is 356 g/mol. The highest BCUT2D eigenvalue weighted by Crippen LogP contribution is 2.61.